The number of hydrogen-bond donors (Lipinski definition) is 3. The molecule has 1 heterocycles. The average molecular weight is 328 g/mol. The van der Waals surface area contributed by atoms with Crippen LogP contribution >= 0.6 is 0 Å². The van der Waals surface area contributed by atoms with Crippen LogP contribution in [-0.2, 0) is 17.8 Å². The Morgan fingerprint density at radius 2 is 2.00 bits per heavy atom. The topological polar surface area (TPSA) is 61.4 Å². The van der Waals surface area contributed by atoms with E-state index in [1.807, 2.05) is 6.07 Å². The molecule has 4 rings (SSSR count). The van der Waals surface area contributed by atoms with Crippen LogP contribution in [-0.4, -0.2) is 23.1 Å². The Bertz CT molecular complexity index is 606. The number of phenolic OH excluding ortho intramolecular Hbond substituents is 1. The first-order valence-electron chi connectivity index (χ1n) is 9.53. The predicted octanol–water partition coefficient (Wildman–Crippen LogP) is 2.88. The summed E-state index contributed by atoms with van der Waals surface area (Å²) >= 11 is 0. The molecule has 3 aliphatic rings. The highest BCUT2D eigenvalue weighted by Gasteiger charge is 2.36. The molecule has 2 fully saturated rings. The van der Waals surface area contributed by atoms with Crippen molar-refractivity contribution in [2.45, 2.75) is 70.0 Å². The zero-order valence-electron chi connectivity index (χ0n) is 14.3. The van der Waals surface area contributed by atoms with Crippen molar-refractivity contribution in [3.63, 3.8) is 0 Å². The molecule has 2 atom stereocenters. The van der Waals surface area contributed by atoms with E-state index in [2.05, 4.69) is 10.6 Å². The summed E-state index contributed by atoms with van der Waals surface area (Å²) in [5.74, 6) is 1.98. The molecule has 0 saturated heterocycles. The minimum absolute atomic E-state index is 0.146. The first-order valence-corrected chi connectivity index (χ1v) is 9.53. The van der Waals surface area contributed by atoms with E-state index in [1.54, 1.807) is 12.1 Å². The van der Waals surface area contributed by atoms with Gasteiger partial charge in [-0.25, -0.2) is 0 Å². The van der Waals surface area contributed by atoms with Gasteiger partial charge < -0.3 is 15.7 Å². The highest BCUT2D eigenvalue weighted by molar-refractivity contribution is 5.82. The van der Waals surface area contributed by atoms with E-state index in [0.29, 0.717) is 30.7 Å². The van der Waals surface area contributed by atoms with Crippen molar-refractivity contribution in [1.82, 2.24) is 10.6 Å². The summed E-state index contributed by atoms with van der Waals surface area (Å²) in [6.07, 6.45) is 9.86. The van der Waals surface area contributed by atoms with Gasteiger partial charge in [-0.3, -0.25) is 4.79 Å². The fourth-order valence-electron chi connectivity index (χ4n) is 4.44. The number of hydrogen-bond acceptors (Lipinski definition) is 3. The lowest BCUT2D eigenvalue weighted by atomic mass is 9.93. The number of carbonyl (C=O) groups is 1. The number of nitrogens with one attached hydrogen (secondary N) is 2. The molecule has 0 aromatic heterocycles. The molecule has 1 amide bonds. The Kier molecular flexibility index (Phi) is 4.49. The Hall–Kier alpha value is -1.55. The second-order valence-corrected chi connectivity index (χ2v) is 7.93. The normalized spacial score (nSPS) is 25.2. The first kappa shape index (κ1) is 15.9. The van der Waals surface area contributed by atoms with Gasteiger partial charge in [-0.2, -0.15) is 0 Å². The van der Waals surface area contributed by atoms with Gasteiger partial charge in [-0.05, 0) is 60.8 Å². The molecule has 2 saturated carbocycles. The van der Waals surface area contributed by atoms with E-state index < -0.39 is 0 Å². The molecule has 0 bridgehead atoms. The van der Waals surface area contributed by atoms with Crippen LogP contribution in [0.1, 0.15) is 56.1 Å². The first-order chi connectivity index (χ1) is 11.7. The van der Waals surface area contributed by atoms with E-state index in [-0.39, 0.29) is 11.9 Å². The van der Waals surface area contributed by atoms with Crippen LogP contribution in [0.5, 0.6) is 5.75 Å². The quantitative estimate of drug-likeness (QED) is 0.779. The third-order valence-corrected chi connectivity index (χ3v) is 6.05. The largest absolute Gasteiger partial charge is 0.508 e. The third kappa shape index (κ3) is 3.59. The summed E-state index contributed by atoms with van der Waals surface area (Å²) in [7, 11) is 0. The number of fused-ring (bicyclic) bond motifs is 1. The van der Waals surface area contributed by atoms with Crippen molar-refractivity contribution in [3.05, 3.63) is 29.3 Å². The molecule has 1 aromatic rings. The van der Waals surface area contributed by atoms with Crippen molar-refractivity contribution in [3.8, 4) is 5.75 Å². The maximum absolute atomic E-state index is 12.8. The van der Waals surface area contributed by atoms with E-state index in [0.717, 1.165) is 11.5 Å². The van der Waals surface area contributed by atoms with E-state index >= 15 is 0 Å². The van der Waals surface area contributed by atoms with Crippen molar-refractivity contribution in [2.24, 2.45) is 11.8 Å². The van der Waals surface area contributed by atoms with Gasteiger partial charge in [0.1, 0.15) is 5.75 Å². The van der Waals surface area contributed by atoms with Crippen LogP contribution in [0.3, 0.4) is 0 Å². The van der Waals surface area contributed by atoms with Gasteiger partial charge >= 0.3 is 0 Å². The lowest BCUT2D eigenvalue weighted by Crippen LogP contribution is -2.51. The van der Waals surface area contributed by atoms with E-state index in [4.69, 9.17) is 0 Å². The number of aromatic hydroxyl groups is 1. The second-order valence-electron chi connectivity index (χ2n) is 7.93. The number of carbonyl (C=O) groups excluding carboxylic acids is 1. The number of rotatable bonds is 5. The van der Waals surface area contributed by atoms with Crippen LogP contribution in [0.15, 0.2) is 18.2 Å². The number of amides is 1. The highest BCUT2D eigenvalue weighted by atomic mass is 16.3. The van der Waals surface area contributed by atoms with Gasteiger partial charge in [0.25, 0.3) is 0 Å². The molecular weight excluding hydrogens is 300 g/mol. The Labute approximate surface area is 144 Å². The Morgan fingerprint density at radius 3 is 2.75 bits per heavy atom. The smallest absolute Gasteiger partial charge is 0.237 e. The van der Waals surface area contributed by atoms with Crippen LogP contribution < -0.4 is 10.6 Å². The van der Waals surface area contributed by atoms with Crippen molar-refractivity contribution < 1.29 is 9.90 Å². The molecular formula is C20H28N2O2. The molecule has 3 N–H and O–H groups in total. The number of phenols is 1. The van der Waals surface area contributed by atoms with Gasteiger partial charge in [0.15, 0.2) is 0 Å². The predicted molar refractivity (Wildman–Crippen MR) is 93.7 cm³/mol. The molecule has 130 valence electrons. The van der Waals surface area contributed by atoms with Gasteiger partial charge in [-0.15, -0.1) is 0 Å². The molecule has 0 unspecified atom stereocenters. The van der Waals surface area contributed by atoms with Crippen molar-refractivity contribution >= 4 is 5.91 Å². The SMILES string of the molecule is O=C(N[C@H](CC1CCCC1)C1CC1)[C@H]1Cc2ccc(O)cc2CN1. The Balaban J connectivity index is 1.37. The summed E-state index contributed by atoms with van der Waals surface area (Å²) < 4.78 is 0. The maximum Gasteiger partial charge on any atom is 0.237 e. The lowest BCUT2D eigenvalue weighted by Gasteiger charge is -2.28. The zero-order valence-corrected chi connectivity index (χ0v) is 14.3. The van der Waals surface area contributed by atoms with E-state index in [9.17, 15) is 9.90 Å². The maximum atomic E-state index is 12.8. The fraction of sp³-hybridized carbons (Fsp3) is 0.650. The summed E-state index contributed by atoms with van der Waals surface area (Å²) in [5.41, 5.74) is 2.27. The second kappa shape index (κ2) is 6.75. The molecule has 0 spiro atoms. The van der Waals surface area contributed by atoms with E-state index in [1.165, 1.54) is 50.5 Å². The molecule has 0 radical (unpaired) electrons. The minimum Gasteiger partial charge on any atom is -0.508 e. The number of benzene rings is 1. The highest BCUT2D eigenvalue weighted by Crippen LogP contribution is 2.38. The summed E-state index contributed by atoms with van der Waals surface area (Å²) in [6.45, 7) is 0.651. The average Bonchev–Trinajstić information content (AvgIpc) is 3.31. The molecule has 1 aromatic carbocycles. The molecule has 1 aliphatic heterocycles. The monoisotopic (exact) mass is 328 g/mol. The standard InChI is InChI=1S/C20H28N2O2/c23-17-8-7-15-11-19(21-12-16(15)10-17)20(24)22-18(14-5-6-14)9-13-3-1-2-4-13/h7-8,10,13-14,18-19,21,23H,1-6,9,11-12H2,(H,22,24)/t18-,19-/m1/s1. The Morgan fingerprint density at radius 1 is 1.21 bits per heavy atom. The minimum atomic E-state index is -0.146. The molecule has 4 nitrogen and oxygen atoms in total. The van der Waals surface area contributed by atoms with Crippen LogP contribution in [0.4, 0.5) is 0 Å². The van der Waals surface area contributed by atoms with Crippen molar-refractivity contribution in [2.75, 3.05) is 0 Å². The fourth-order valence-corrected chi connectivity index (χ4v) is 4.44. The van der Waals surface area contributed by atoms with Gasteiger partial charge in [0.05, 0.1) is 6.04 Å². The molecule has 4 heteroatoms. The lowest BCUT2D eigenvalue weighted by molar-refractivity contribution is -0.124. The van der Waals surface area contributed by atoms with Gasteiger partial charge in [0, 0.05) is 12.6 Å². The summed E-state index contributed by atoms with van der Waals surface area (Å²) in [4.78, 5) is 12.8. The van der Waals surface area contributed by atoms with Crippen LogP contribution in [0, 0.1) is 11.8 Å². The molecule has 24 heavy (non-hydrogen) atoms. The third-order valence-electron chi connectivity index (χ3n) is 6.05. The summed E-state index contributed by atoms with van der Waals surface area (Å²) in [5, 5.41) is 16.3. The van der Waals surface area contributed by atoms with Gasteiger partial charge in [-0.1, -0.05) is 31.7 Å². The zero-order chi connectivity index (χ0) is 16.5. The van der Waals surface area contributed by atoms with Crippen molar-refractivity contribution in [1.29, 1.82) is 0 Å². The van der Waals surface area contributed by atoms with Crippen LogP contribution in [0.25, 0.3) is 0 Å². The van der Waals surface area contributed by atoms with Crippen LogP contribution in [0.2, 0.25) is 0 Å². The molecule has 2 aliphatic carbocycles. The summed E-state index contributed by atoms with van der Waals surface area (Å²) in [6, 6.07) is 5.69. The van der Waals surface area contributed by atoms with Gasteiger partial charge in [0.2, 0.25) is 5.91 Å².